The molecule has 0 heterocycles. The molecule has 0 aromatic carbocycles. The van der Waals surface area contributed by atoms with Crippen LogP contribution in [0.4, 0.5) is 0 Å². The van der Waals surface area contributed by atoms with Crippen molar-refractivity contribution in [1.29, 1.82) is 0 Å². The number of aliphatic hydroxyl groups is 1. The fourth-order valence-corrected chi connectivity index (χ4v) is 2.52. The van der Waals surface area contributed by atoms with Crippen LogP contribution in [0.3, 0.4) is 0 Å². The van der Waals surface area contributed by atoms with E-state index >= 15 is 0 Å². The Hall–Kier alpha value is 0.870. The molecule has 0 saturated heterocycles. The molecule has 0 radical (unpaired) electrons. The SMILES string of the molecule is CCCCCCC(O)CCCCCCS(=O)(=O)[O-].[Na+]. The standard InChI is InChI=1S/C13H28O4S.Na/c1-2-3-4-7-10-13(14)11-8-5-6-9-12-18(15,16)17;/h13-14H,2-12H2,1H3,(H,15,16,17);/q;+1/p-1. The molecule has 110 valence electrons. The second-order valence-corrected chi connectivity index (χ2v) is 6.49. The predicted molar refractivity (Wildman–Crippen MR) is 72.4 cm³/mol. The molecule has 0 aliphatic rings. The van der Waals surface area contributed by atoms with Crippen LogP contribution >= 0.6 is 0 Å². The summed E-state index contributed by atoms with van der Waals surface area (Å²) in [6.07, 6.45) is 9.15. The molecule has 0 aliphatic carbocycles. The summed E-state index contributed by atoms with van der Waals surface area (Å²) in [5, 5.41) is 9.69. The number of hydrogen-bond donors (Lipinski definition) is 1. The van der Waals surface area contributed by atoms with Crippen molar-refractivity contribution in [2.24, 2.45) is 0 Å². The molecular formula is C13H27NaO4S. The third-order valence-corrected chi connectivity index (χ3v) is 3.86. The van der Waals surface area contributed by atoms with Crippen molar-refractivity contribution in [3.8, 4) is 0 Å². The van der Waals surface area contributed by atoms with Crippen LogP contribution in [0.2, 0.25) is 0 Å². The Morgan fingerprint density at radius 1 is 0.947 bits per heavy atom. The summed E-state index contributed by atoms with van der Waals surface area (Å²) in [5.41, 5.74) is 0. The van der Waals surface area contributed by atoms with E-state index in [9.17, 15) is 18.1 Å². The molecule has 0 aromatic rings. The number of rotatable bonds is 12. The molecule has 0 spiro atoms. The molecule has 1 atom stereocenters. The van der Waals surface area contributed by atoms with E-state index in [4.69, 9.17) is 0 Å². The molecule has 0 bridgehead atoms. The van der Waals surface area contributed by atoms with E-state index in [1.807, 2.05) is 0 Å². The van der Waals surface area contributed by atoms with E-state index in [2.05, 4.69) is 6.92 Å². The smallest absolute Gasteiger partial charge is 0.748 e. The van der Waals surface area contributed by atoms with Gasteiger partial charge in [-0.05, 0) is 19.3 Å². The Labute approximate surface area is 140 Å². The topological polar surface area (TPSA) is 77.4 Å². The first-order chi connectivity index (χ1) is 8.45. The molecule has 0 rings (SSSR count). The van der Waals surface area contributed by atoms with Crippen molar-refractivity contribution in [3.05, 3.63) is 0 Å². The van der Waals surface area contributed by atoms with Crippen LogP contribution < -0.4 is 29.6 Å². The van der Waals surface area contributed by atoms with E-state index in [1.54, 1.807) is 0 Å². The van der Waals surface area contributed by atoms with Crippen molar-refractivity contribution in [2.45, 2.75) is 77.2 Å². The zero-order valence-electron chi connectivity index (χ0n) is 12.4. The van der Waals surface area contributed by atoms with Gasteiger partial charge < -0.3 is 9.66 Å². The van der Waals surface area contributed by atoms with Crippen LogP contribution in [0.5, 0.6) is 0 Å². The summed E-state index contributed by atoms with van der Waals surface area (Å²) >= 11 is 0. The third-order valence-electron chi connectivity index (χ3n) is 3.07. The zero-order chi connectivity index (χ0) is 13.9. The van der Waals surface area contributed by atoms with Gasteiger partial charge in [0.2, 0.25) is 0 Å². The van der Waals surface area contributed by atoms with Crippen molar-refractivity contribution in [2.75, 3.05) is 5.75 Å². The van der Waals surface area contributed by atoms with Gasteiger partial charge in [-0.2, -0.15) is 0 Å². The average Bonchev–Trinajstić information content (AvgIpc) is 2.28. The molecule has 0 saturated carbocycles. The largest absolute Gasteiger partial charge is 1.00 e. The van der Waals surface area contributed by atoms with Gasteiger partial charge in [0.05, 0.1) is 16.2 Å². The van der Waals surface area contributed by atoms with Gasteiger partial charge in [0.25, 0.3) is 0 Å². The first kappa shape index (κ1) is 22.2. The van der Waals surface area contributed by atoms with Crippen LogP contribution in [0.25, 0.3) is 0 Å². The number of aliphatic hydroxyl groups excluding tert-OH is 1. The van der Waals surface area contributed by atoms with Crippen LogP contribution in [0, 0.1) is 0 Å². The summed E-state index contributed by atoms with van der Waals surface area (Å²) in [6.45, 7) is 2.17. The summed E-state index contributed by atoms with van der Waals surface area (Å²) in [5.74, 6) is -0.257. The minimum atomic E-state index is -4.04. The minimum Gasteiger partial charge on any atom is -0.748 e. The van der Waals surface area contributed by atoms with Crippen LogP contribution in [0.15, 0.2) is 0 Å². The molecule has 19 heavy (non-hydrogen) atoms. The van der Waals surface area contributed by atoms with E-state index in [0.717, 1.165) is 38.5 Å². The Bertz CT molecular complexity index is 280. The van der Waals surface area contributed by atoms with Crippen molar-refractivity contribution < 1.29 is 47.6 Å². The maximum Gasteiger partial charge on any atom is 1.00 e. The predicted octanol–water partition coefficient (Wildman–Crippen LogP) is -0.183. The van der Waals surface area contributed by atoms with Crippen LogP contribution in [0.1, 0.15) is 71.1 Å². The van der Waals surface area contributed by atoms with Crippen LogP contribution in [-0.4, -0.2) is 29.9 Å². The Morgan fingerprint density at radius 2 is 1.42 bits per heavy atom. The average molecular weight is 302 g/mol. The van der Waals surface area contributed by atoms with Gasteiger partial charge in [-0.1, -0.05) is 51.9 Å². The van der Waals surface area contributed by atoms with Gasteiger partial charge in [0.15, 0.2) is 0 Å². The van der Waals surface area contributed by atoms with Gasteiger partial charge in [0.1, 0.15) is 0 Å². The summed E-state index contributed by atoms with van der Waals surface area (Å²) in [7, 11) is -4.04. The molecule has 0 fully saturated rings. The molecule has 6 heteroatoms. The number of hydrogen-bond acceptors (Lipinski definition) is 4. The van der Waals surface area contributed by atoms with E-state index in [0.29, 0.717) is 6.42 Å². The maximum absolute atomic E-state index is 10.3. The van der Waals surface area contributed by atoms with Crippen LogP contribution in [-0.2, 0) is 10.1 Å². The third kappa shape index (κ3) is 18.9. The first-order valence-electron chi connectivity index (χ1n) is 7.07. The molecular weight excluding hydrogens is 275 g/mol. The quantitative estimate of drug-likeness (QED) is 0.308. The summed E-state index contributed by atoms with van der Waals surface area (Å²) in [4.78, 5) is 0. The summed E-state index contributed by atoms with van der Waals surface area (Å²) < 4.78 is 31.0. The molecule has 0 aromatic heterocycles. The first-order valence-corrected chi connectivity index (χ1v) is 8.65. The van der Waals surface area contributed by atoms with E-state index in [-0.39, 0.29) is 41.4 Å². The molecule has 0 aliphatic heterocycles. The van der Waals surface area contributed by atoms with Crippen molar-refractivity contribution in [3.63, 3.8) is 0 Å². The normalized spacial score (nSPS) is 13.0. The Balaban J connectivity index is 0. The monoisotopic (exact) mass is 302 g/mol. The van der Waals surface area contributed by atoms with E-state index < -0.39 is 10.1 Å². The second-order valence-electron chi connectivity index (χ2n) is 4.97. The van der Waals surface area contributed by atoms with Gasteiger partial charge in [0, 0.05) is 5.75 Å². The Kier molecular flexibility index (Phi) is 16.1. The maximum atomic E-state index is 10.3. The van der Waals surface area contributed by atoms with Crippen molar-refractivity contribution in [1.82, 2.24) is 0 Å². The zero-order valence-corrected chi connectivity index (χ0v) is 15.3. The minimum absolute atomic E-state index is 0. The Morgan fingerprint density at radius 3 is 1.89 bits per heavy atom. The molecule has 1 unspecified atom stereocenters. The van der Waals surface area contributed by atoms with Gasteiger partial charge >= 0.3 is 29.6 Å². The number of unbranched alkanes of at least 4 members (excludes halogenated alkanes) is 6. The molecule has 1 N–H and O–H groups in total. The van der Waals surface area contributed by atoms with Gasteiger partial charge in [-0.15, -0.1) is 0 Å². The van der Waals surface area contributed by atoms with Crippen molar-refractivity contribution >= 4 is 10.1 Å². The fraction of sp³-hybridized carbons (Fsp3) is 1.00. The fourth-order valence-electron chi connectivity index (χ4n) is 1.96. The summed E-state index contributed by atoms with van der Waals surface area (Å²) in [6, 6.07) is 0. The van der Waals surface area contributed by atoms with Gasteiger partial charge in [-0.25, -0.2) is 8.42 Å². The van der Waals surface area contributed by atoms with E-state index in [1.165, 1.54) is 19.3 Å². The molecule has 0 amide bonds. The molecule has 4 nitrogen and oxygen atoms in total. The van der Waals surface area contributed by atoms with Gasteiger partial charge in [-0.3, -0.25) is 0 Å². The second kappa shape index (κ2) is 13.8.